The molecule has 120 valence electrons. The lowest BCUT2D eigenvalue weighted by atomic mass is 9.96. The van der Waals surface area contributed by atoms with Crippen molar-refractivity contribution in [3.8, 4) is 5.75 Å². The topological polar surface area (TPSA) is 66.8 Å². The van der Waals surface area contributed by atoms with Crippen molar-refractivity contribution in [3.63, 3.8) is 0 Å². The van der Waals surface area contributed by atoms with Crippen LogP contribution in [0, 0.1) is 11.8 Å². The van der Waals surface area contributed by atoms with Gasteiger partial charge >= 0.3 is 12.1 Å². The first-order valence-corrected chi connectivity index (χ1v) is 6.47. The van der Waals surface area contributed by atoms with Gasteiger partial charge in [0.1, 0.15) is 5.75 Å². The number of carboxylic acids is 1. The van der Waals surface area contributed by atoms with Crippen molar-refractivity contribution in [1.82, 2.24) is 4.90 Å². The number of carbonyl (C=O) groups excluding carboxylic acids is 1. The Morgan fingerprint density at radius 2 is 1.82 bits per heavy atom. The van der Waals surface area contributed by atoms with Crippen molar-refractivity contribution in [3.05, 3.63) is 29.8 Å². The van der Waals surface area contributed by atoms with Crippen LogP contribution in [0.15, 0.2) is 24.3 Å². The molecule has 5 nitrogen and oxygen atoms in total. The molecular weight excluding hydrogens is 303 g/mol. The molecule has 2 rings (SSSR count). The van der Waals surface area contributed by atoms with Crippen LogP contribution in [0.1, 0.15) is 10.4 Å². The molecule has 1 aliphatic rings. The fraction of sp³-hybridized carbons (Fsp3) is 0.429. The molecule has 0 radical (unpaired) electrons. The van der Waals surface area contributed by atoms with Crippen LogP contribution in [0.4, 0.5) is 13.2 Å². The maximum Gasteiger partial charge on any atom is 0.394 e. The Hall–Kier alpha value is -2.25. The van der Waals surface area contributed by atoms with Crippen LogP contribution in [0.3, 0.4) is 0 Å². The lowest BCUT2D eigenvalue weighted by molar-refractivity contribution is -0.187. The highest BCUT2D eigenvalue weighted by molar-refractivity contribution is 5.95. The molecule has 0 aliphatic carbocycles. The van der Waals surface area contributed by atoms with Crippen molar-refractivity contribution in [1.29, 1.82) is 0 Å². The summed E-state index contributed by atoms with van der Waals surface area (Å²) in [5.74, 6) is -5.35. The van der Waals surface area contributed by atoms with Crippen LogP contribution in [0.25, 0.3) is 0 Å². The number of nitrogens with zero attached hydrogens (tertiary/aromatic N) is 1. The van der Waals surface area contributed by atoms with Gasteiger partial charge in [-0.2, -0.15) is 13.2 Å². The van der Waals surface area contributed by atoms with E-state index < -0.39 is 43.0 Å². The van der Waals surface area contributed by atoms with Crippen LogP contribution < -0.4 is 4.74 Å². The standard InChI is InChI=1S/C14H14F3NO4/c1-22-9-4-2-8(3-5-9)12(19)18-6-10(13(20)21)11(7-18)14(15,16)17/h2-5,10-11H,6-7H2,1H3,(H,20,21)/t10-,11-/m1/s1. The van der Waals surface area contributed by atoms with Gasteiger partial charge in [0.15, 0.2) is 0 Å². The molecule has 1 N–H and O–H groups in total. The molecule has 0 spiro atoms. The van der Waals surface area contributed by atoms with Gasteiger partial charge < -0.3 is 14.7 Å². The Labute approximate surface area is 124 Å². The predicted molar refractivity (Wildman–Crippen MR) is 69.6 cm³/mol. The first-order chi connectivity index (χ1) is 10.2. The Morgan fingerprint density at radius 1 is 1.23 bits per heavy atom. The summed E-state index contributed by atoms with van der Waals surface area (Å²) in [7, 11) is 1.45. The van der Waals surface area contributed by atoms with E-state index in [1.54, 1.807) is 0 Å². The SMILES string of the molecule is COc1ccc(C(=O)N2C[C@@H](C(F)(F)F)[C@H](C(=O)O)C2)cc1. The highest BCUT2D eigenvalue weighted by atomic mass is 19.4. The minimum Gasteiger partial charge on any atom is -0.497 e. The molecule has 2 atom stereocenters. The molecule has 1 fully saturated rings. The summed E-state index contributed by atoms with van der Waals surface area (Å²) in [6, 6.07) is 5.88. The lowest BCUT2D eigenvalue weighted by Gasteiger charge is -2.18. The summed E-state index contributed by atoms with van der Waals surface area (Å²) >= 11 is 0. The lowest BCUT2D eigenvalue weighted by Crippen LogP contribution is -2.34. The van der Waals surface area contributed by atoms with Gasteiger partial charge in [-0.1, -0.05) is 0 Å². The largest absolute Gasteiger partial charge is 0.497 e. The maximum atomic E-state index is 12.9. The predicted octanol–water partition coefficient (Wildman–Crippen LogP) is 2.03. The molecule has 0 aromatic heterocycles. The van der Waals surface area contributed by atoms with E-state index in [9.17, 15) is 22.8 Å². The van der Waals surface area contributed by atoms with Gasteiger partial charge in [0.05, 0.1) is 18.9 Å². The fourth-order valence-electron chi connectivity index (χ4n) is 2.47. The van der Waals surface area contributed by atoms with Gasteiger partial charge in [-0.3, -0.25) is 9.59 Å². The second kappa shape index (κ2) is 5.86. The average Bonchev–Trinajstić information content (AvgIpc) is 2.92. The number of hydrogen-bond acceptors (Lipinski definition) is 3. The number of carbonyl (C=O) groups is 2. The average molecular weight is 317 g/mol. The molecule has 1 amide bonds. The second-order valence-corrected chi connectivity index (χ2v) is 5.03. The van der Waals surface area contributed by atoms with Crippen molar-refractivity contribution in [2.45, 2.75) is 6.18 Å². The van der Waals surface area contributed by atoms with Gasteiger partial charge in [0.2, 0.25) is 0 Å². The first kappa shape index (κ1) is 16.1. The van der Waals surface area contributed by atoms with E-state index in [0.717, 1.165) is 4.90 Å². The molecule has 1 saturated heterocycles. The van der Waals surface area contributed by atoms with Gasteiger partial charge in [-0.25, -0.2) is 0 Å². The smallest absolute Gasteiger partial charge is 0.394 e. The highest BCUT2D eigenvalue weighted by Gasteiger charge is 2.53. The Bertz CT molecular complexity index is 570. The molecule has 8 heteroatoms. The highest BCUT2D eigenvalue weighted by Crippen LogP contribution is 2.38. The third-order valence-electron chi connectivity index (χ3n) is 3.68. The number of rotatable bonds is 3. The van der Waals surface area contributed by atoms with Gasteiger partial charge in [0, 0.05) is 18.7 Å². The molecule has 0 unspecified atom stereocenters. The van der Waals surface area contributed by atoms with Crippen LogP contribution in [-0.2, 0) is 4.79 Å². The zero-order valence-corrected chi connectivity index (χ0v) is 11.6. The van der Waals surface area contributed by atoms with Crippen LogP contribution >= 0.6 is 0 Å². The minimum absolute atomic E-state index is 0.188. The number of halogens is 3. The summed E-state index contributed by atoms with van der Waals surface area (Å²) in [4.78, 5) is 24.1. The Morgan fingerprint density at radius 3 is 2.23 bits per heavy atom. The molecule has 1 aromatic rings. The van der Waals surface area contributed by atoms with E-state index in [0.29, 0.717) is 5.75 Å². The number of amides is 1. The van der Waals surface area contributed by atoms with E-state index in [1.807, 2.05) is 0 Å². The molecule has 0 bridgehead atoms. The summed E-state index contributed by atoms with van der Waals surface area (Å²) in [5, 5.41) is 8.93. The molecule has 1 aliphatic heterocycles. The third kappa shape index (κ3) is 3.15. The number of likely N-dealkylation sites (tertiary alicyclic amines) is 1. The summed E-state index contributed by atoms with van der Waals surface area (Å²) < 4.78 is 43.6. The molecule has 1 heterocycles. The maximum absolute atomic E-state index is 12.9. The normalized spacial score (nSPS) is 21.7. The number of carboxylic acid groups (broad SMARTS) is 1. The zero-order chi connectivity index (χ0) is 16.5. The summed E-state index contributed by atoms with van der Waals surface area (Å²) in [6.07, 6.45) is -4.65. The number of benzene rings is 1. The first-order valence-electron chi connectivity index (χ1n) is 6.47. The summed E-state index contributed by atoms with van der Waals surface area (Å²) in [5.41, 5.74) is 0.188. The van der Waals surface area contributed by atoms with E-state index >= 15 is 0 Å². The van der Waals surface area contributed by atoms with E-state index in [1.165, 1.54) is 31.4 Å². The molecule has 22 heavy (non-hydrogen) atoms. The Balaban J connectivity index is 2.18. The van der Waals surface area contributed by atoms with E-state index in [2.05, 4.69) is 0 Å². The molecule has 1 aromatic carbocycles. The van der Waals surface area contributed by atoms with Gasteiger partial charge in [-0.15, -0.1) is 0 Å². The molecular formula is C14H14F3NO4. The van der Waals surface area contributed by atoms with Gasteiger partial charge in [-0.05, 0) is 24.3 Å². The number of alkyl halides is 3. The van der Waals surface area contributed by atoms with Crippen molar-refractivity contribution in [2.24, 2.45) is 11.8 Å². The number of ether oxygens (including phenoxy) is 1. The zero-order valence-electron chi connectivity index (χ0n) is 11.6. The van der Waals surface area contributed by atoms with Gasteiger partial charge in [0.25, 0.3) is 5.91 Å². The van der Waals surface area contributed by atoms with E-state index in [4.69, 9.17) is 9.84 Å². The molecule has 0 saturated carbocycles. The number of hydrogen-bond donors (Lipinski definition) is 1. The van der Waals surface area contributed by atoms with Crippen molar-refractivity contribution in [2.75, 3.05) is 20.2 Å². The number of methoxy groups -OCH3 is 1. The van der Waals surface area contributed by atoms with Crippen molar-refractivity contribution >= 4 is 11.9 Å². The quantitative estimate of drug-likeness (QED) is 0.926. The second-order valence-electron chi connectivity index (χ2n) is 5.03. The fourth-order valence-corrected chi connectivity index (χ4v) is 2.47. The van der Waals surface area contributed by atoms with Crippen LogP contribution in [0.2, 0.25) is 0 Å². The number of aliphatic carboxylic acids is 1. The third-order valence-corrected chi connectivity index (χ3v) is 3.68. The minimum atomic E-state index is -4.65. The van der Waals surface area contributed by atoms with Crippen molar-refractivity contribution < 1.29 is 32.6 Å². The van der Waals surface area contributed by atoms with E-state index in [-0.39, 0.29) is 5.56 Å². The van der Waals surface area contributed by atoms with Crippen LogP contribution in [-0.4, -0.2) is 48.3 Å². The summed E-state index contributed by atoms with van der Waals surface area (Å²) in [6.45, 7) is -1.10. The Kier molecular flexibility index (Phi) is 4.30. The monoisotopic (exact) mass is 317 g/mol. The van der Waals surface area contributed by atoms with Crippen LogP contribution in [0.5, 0.6) is 5.75 Å².